The van der Waals surface area contributed by atoms with Gasteiger partial charge < -0.3 is 34.7 Å². The smallest absolute Gasteiger partial charge is 0.252 e. The Hall–Kier alpha value is -1.26. The number of rotatable bonds is 3. The van der Waals surface area contributed by atoms with Crippen molar-refractivity contribution >= 4 is 11.8 Å². The van der Waals surface area contributed by atoms with Crippen LogP contribution in [-0.2, 0) is 33.3 Å². The highest BCUT2D eigenvalue weighted by molar-refractivity contribution is 5.86. The third kappa shape index (κ3) is 3.20. The summed E-state index contributed by atoms with van der Waals surface area (Å²) in [5.74, 6) is -2.89. The summed E-state index contributed by atoms with van der Waals surface area (Å²) in [4.78, 5) is 23.2. The van der Waals surface area contributed by atoms with Crippen LogP contribution in [0.4, 0.5) is 0 Å². The number of amides is 2. The summed E-state index contributed by atoms with van der Waals surface area (Å²) in [5.41, 5.74) is 5.05. The second-order valence-corrected chi connectivity index (χ2v) is 6.77. The SMILES string of the molecule is CC1(C)O[C@H]2[C@@H](O1)[C@H](C(=O)NCC(N)=O)O[C@@H]1OC(C)(C)O[C@@H]12. The van der Waals surface area contributed by atoms with Crippen LogP contribution in [0.2, 0.25) is 0 Å². The minimum absolute atomic E-state index is 0.280. The quantitative estimate of drug-likeness (QED) is 0.680. The van der Waals surface area contributed by atoms with Crippen LogP contribution in [0.15, 0.2) is 0 Å². The first-order valence-corrected chi connectivity index (χ1v) is 7.51. The minimum atomic E-state index is -0.986. The van der Waals surface area contributed by atoms with Crippen molar-refractivity contribution < 1.29 is 33.3 Å². The molecule has 5 atom stereocenters. The average Bonchev–Trinajstić information content (AvgIpc) is 2.89. The molecule has 0 bridgehead atoms. The van der Waals surface area contributed by atoms with Crippen molar-refractivity contribution in [1.82, 2.24) is 5.32 Å². The van der Waals surface area contributed by atoms with Crippen LogP contribution in [0.1, 0.15) is 27.7 Å². The molecule has 0 saturated carbocycles. The fourth-order valence-corrected chi connectivity index (χ4v) is 3.10. The van der Waals surface area contributed by atoms with Crippen LogP contribution in [0.3, 0.4) is 0 Å². The van der Waals surface area contributed by atoms with E-state index in [1.54, 1.807) is 27.7 Å². The van der Waals surface area contributed by atoms with Gasteiger partial charge in [0.15, 0.2) is 24.0 Å². The molecule has 3 aliphatic rings. The third-order valence-corrected chi connectivity index (χ3v) is 3.85. The van der Waals surface area contributed by atoms with E-state index in [4.69, 9.17) is 29.4 Å². The predicted molar refractivity (Wildman–Crippen MR) is 74.7 cm³/mol. The zero-order valence-corrected chi connectivity index (χ0v) is 13.5. The molecule has 130 valence electrons. The molecule has 3 heterocycles. The van der Waals surface area contributed by atoms with E-state index in [1.807, 2.05) is 0 Å². The number of primary amides is 1. The molecule has 0 radical (unpaired) electrons. The summed E-state index contributed by atoms with van der Waals surface area (Å²) < 4.78 is 28.9. The van der Waals surface area contributed by atoms with Gasteiger partial charge >= 0.3 is 0 Å². The number of nitrogens with one attached hydrogen (secondary N) is 1. The van der Waals surface area contributed by atoms with Crippen LogP contribution in [-0.4, -0.2) is 60.6 Å². The monoisotopic (exact) mass is 330 g/mol. The third-order valence-electron chi connectivity index (χ3n) is 3.85. The number of carbonyl (C=O) groups excluding carboxylic acids is 2. The van der Waals surface area contributed by atoms with Crippen molar-refractivity contribution in [1.29, 1.82) is 0 Å². The summed E-state index contributed by atoms with van der Waals surface area (Å²) in [6.07, 6.45) is -3.43. The van der Waals surface area contributed by atoms with E-state index < -0.39 is 54.1 Å². The summed E-state index contributed by atoms with van der Waals surface area (Å²) >= 11 is 0. The van der Waals surface area contributed by atoms with Gasteiger partial charge in [-0.1, -0.05) is 0 Å². The highest BCUT2D eigenvalue weighted by Crippen LogP contribution is 2.44. The summed E-state index contributed by atoms with van der Waals surface area (Å²) in [6.45, 7) is 6.73. The van der Waals surface area contributed by atoms with Gasteiger partial charge in [0.05, 0.1) is 6.54 Å². The Labute approximate surface area is 133 Å². The summed E-state index contributed by atoms with van der Waals surface area (Å²) in [7, 11) is 0. The van der Waals surface area contributed by atoms with Gasteiger partial charge in [-0.15, -0.1) is 0 Å². The zero-order chi connectivity index (χ0) is 17.0. The number of nitrogens with two attached hydrogens (primary N) is 1. The average molecular weight is 330 g/mol. The number of fused-ring (bicyclic) bond motifs is 3. The number of hydrogen-bond donors (Lipinski definition) is 2. The molecule has 0 aromatic heterocycles. The van der Waals surface area contributed by atoms with Gasteiger partial charge in [-0.2, -0.15) is 0 Å². The van der Waals surface area contributed by atoms with Crippen LogP contribution in [0, 0.1) is 0 Å². The predicted octanol–water partition coefficient (Wildman–Crippen LogP) is -1.02. The molecule has 3 saturated heterocycles. The van der Waals surface area contributed by atoms with E-state index in [0.717, 1.165) is 0 Å². The lowest BCUT2D eigenvalue weighted by molar-refractivity contribution is -0.231. The molecule has 3 fully saturated rings. The Kier molecular flexibility index (Phi) is 3.88. The van der Waals surface area contributed by atoms with Gasteiger partial charge in [0.1, 0.15) is 18.3 Å². The molecular formula is C14H22N2O7. The molecular weight excluding hydrogens is 308 g/mol. The van der Waals surface area contributed by atoms with Crippen LogP contribution in [0.25, 0.3) is 0 Å². The van der Waals surface area contributed by atoms with Crippen molar-refractivity contribution in [2.45, 2.75) is 70.0 Å². The van der Waals surface area contributed by atoms with Crippen LogP contribution in [0.5, 0.6) is 0 Å². The lowest BCUT2D eigenvalue weighted by Gasteiger charge is -2.36. The van der Waals surface area contributed by atoms with Gasteiger partial charge in [-0.05, 0) is 27.7 Å². The lowest BCUT2D eigenvalue weighted by Crippen LogP contribution is -2.59. The standard InChI is InChI=1S/C14H22N2O7/c1-13(2)20-7-8(21-13)10-12(23-14(3,4)22-10)19-9(7)11(18)16-5-6(15)17/h7-10,12H,5H2,1-4H3,(H2,15,17)(H,16,18)/t7-,8+,9-,10-,12-/m1/s1. The van der Waals surface area contributed by atoms with Crippen LogP contribution >= 0.6 is 0 Å². The van der Waals surface area contributed by atoms with E-state index in [2.05, 4.69) is 5.32 Å². The largest absolute Gasteiger partial charge is 0.368 e. The number of hydrogen-bond acceptors (Lipinski definition) is 7. The Balaban J connectivity index is 1.81. The molecule has 3 rings (SSSR count). The molecule has 23 heavy (non-hydrogen) atoms. The normalized spacial score (nSPS) is 40.3. The fourth-order valence-electron chi connectivity index (χ4n) is 3.10. The highest BCUT2D eigenvalue weighted by atomic mass is 16.9. The molecule has 0 unspecified atom stereocenters. The highest BCUT2D eigenvalue weighted by Gasteiger charge is 2.62. The Morgan fingerprint density at radius 2 is 1.52 bits per heavy atom. The van der Waals surface area contributed by atoms with E-state index in [9.17, 15) is 9.59 Å². The van der Waals surface area contributed by atoms with Crippen molar-refractivity contribution in [2.75, 3.05) is 6.54 Å². The van der Waals surface area contributed by atoms with Gasteiger partial charge in [0, 0.05) is 0 Å². The number of carbonyl (C=O) groups is 2. The zero-order valence-electron chi connectivity index (χ0n) is 13.5. The van der Waals surface area contributed by atoms with E-state index >= 15 is 0 Å². The van der Waals surface area contributed by atoms with Gasteiger partial charge in [-0.3, -0.25) is 9.59 Å². The maximum Gasteiger partial charge on any atom is 0.252 e. The molecule has 9 nitrogen and oxygen atoms in total. The Morgan fingerprint density at radius 1 is 0.957 bits per heavy atom. The van der Waals surface area contributed by atoms with Crippen molar-refractivity contribution in [3.05, 3.63) is 0 Å². The fraction of sp³-hybridized carbons (Fsp3) is 0.857. The van der Waals surface area contributed by atoms with E-state index in [0.29, 0.717) is 0 Å². The topological polar surface area (TPSA) is 118 Å². The Morgan fingerprint density at radius 3 is 2.17 bits per heavy atom. The second kappa shape index (κ2) is 5.38. The molecule has 0 aliphatic carbocycles. The molecule has 3 aliphatic heterocycles. The molecule has 0 aromatic rings. The first-order chi connectivity index (χ1) is 10.6. The molecule has 0 aromatic carbocycles. The van der Waals surface area contributed by atoms with Crippen molar-refractivity contribution in [3.8, 4) is 0 Å². The second-order valence-electron chi connectivity index (χ2n) is 6.77. The first kappa shape index (κ1) is 16.6. The minimum Gasteiger partial charge on any atom is -0.368 e. The van der Waals surface area contributed by atoms with Gasteiger partial charge in [0.2, 0.25) is 5.91 Å². The summed E-state index contributed by atoms with van der Waals surface area (Å²) in [6, 6.07) is 0. The molecule has 3 N–H and O–H groups in total. The van der Waals surface area contributed by atoms with E-state index in [-0.39, 0.29) is 6.54 Å². The maximum absolute atomic E-state index is 12.3. The van der Waals surface area contributed by atoms with Crippen molar-refractivity contribution in [2.24, 2.45) is 5.73 Å². The van der Waals surface area contributed by atoms with E-state index in [1.165, 1.54) is 0 Å². The Bertz CT molecular complexity index is 521. The molecule has 2 amide bonds. The van der Waals surface area contributed by atoms with Gasteiger partial charge in [0.25, 0.3) is 5.91 Å². The summed E-state index contributed by atoms with van der Waals surface area (Å²) in [5, 5.41) is 2.42. The lowest BCUT2D eigenvalue weighted by atomic mass is 9.98. The van der Waals surface area contributed by atoms with Gasteiger partial charge in [-0.25, -0.2) is 0 Å². The van der Waals surface area contributed by atoms with Crippen molar-refractivity contribution in [3.63, 3.8) is 0 Å². The number of ether oxygens (including phenoxy) is 5. The molecule has 9 heteroatoms. The maximum atomic E-state index is 12.3. The van der Waals surface area contributed by atoms with Crippen LogP contribution < -0.4 is 11.1 Å². The molecule has 0 spiro atoms. The first-order valence-electron chi connectivity index (χ1n) is 7.51.